The van der Waals surface area contributed by atoms with Gasteiger partial charge in [-0.15, -0.1) is 0 Å². The Hall–Kier alpha value is -2.69. The van der Waals surface area contributed by atoms with E-state index in [-0.39, 0.29) is 0 Å². The molecule has 1 saturated carbocycles. The van der Waals surface area contributed by atoms with Gasteiger partial charge in [0.05, 0.1) is 23.3 Å². The summed E-state index contributed by atoms with van der Waals surface area (Å²) in [7, 11) is 0. The van der Waals surface area contributed by atoms with E-state index in [0.29, 0.717) is 0 Å². The van der Waals surface area contributed by atoms with Crippen LogP contribution in [0.2, 0.25) is 0 Å². The highest BCUT2D eigenvalue weighted by molar-refractivity contribution is 6.10. The standard InChI is InChI=1S/C21H27N5/c1-3-4-18-10-19(7-8-23-18)25-13-17(11-22)21-15(2)9-20(14-26-21)24-12-16-5-6-16/h7-11,13-14,16,24H,3-6,12,22H2,1-2H3. The van der Waals surface area contributed by atoms with Crippen LogP contribution in [0.5, 0.6) is 0 Å². The molecule has 3 N–H and O–H groups in total. The van der Waals surface area contributed by atoms with Crippen LogP contribution in [-0.2, 0) is 6.42 Å². The average molecular weight is 349 g/mol. The number of anilines is 1. The number of hydrogen-bond donors (Lipinski definition) is 2. The zero-order chi connectivity index (χ0) is 18.4. The summed E-state index contributed by atoms with van der Waals surface area (Å²) in [5.41, 5.74) is 11.6. The highest BCUT2D eigenvalue weighted by Gasteiger charge is 2.20. The van der Waals surface area contributed by atoms with Gasteiger partial charge in [-0.1, -0.05) is 13.3 Å². The first-order valence-corrected chi connectivity index (χ1v) is 9.31. The smallest absolute Gasteiger partial charge is 0.0762 e. The van der Waals surface area contributed by atoms with Gasteiger partial charge in [0.1, 0.15) is 0 Å². The van der Waals surface area contributed by atoms with Crippen LogP contribution in [0.25, 0.3) is 5.57 Å². The van der Waals surface area contributed by atoms with Crippen molar-refractivity contribution in [2.45, 2.75) is 39.5 Å². The van der Waals surface area contributed by atoms with Crippen molar-refractivity contribution in [1.82, 2.24) is 9.97 Å². The summed E-state index contributed by atoms with van der Waals surface area (Å²) in [6.45, 7) is 5.22. The van der Waals surface area contributed by atoms with Crippen molar-refractivity contribution < 1.29 is 0 Å². The van der Waals surface area contributed by atoms with E-state index in [4.69, 9.17) is 5.73 Å². The van der Waals surface area contributed by atoms with Crippen molar-refractivity contribution in [2.24, 2.45) is 16.6 Å². The van der Waals surface area contributed by atoms with Crippen LogP contribution >= 0.6 is 0 Å². The quantitative estimate of drug-likeness (QED) is 0.698. The molecule has 0 atom stereocenters. The Morgan fingerprint density at radius 1 is 1.35 bits per heavy atom. The Kier molecular flexibility index (Phi) is 6.00. The first-order valence-electron chi connectivity index (χ1n) is 9.31. The lowest BCUT2D eigenvalue weighted by Gasteiger charge is -2.10. The lowest BCUT2D eigenvalue weighted by molar-refractivity contribution is 0.883. The van der Waals surface area contributed by atoms with Gasteiger partial charge in [0.2, 0.25) is 0 Å². The topological polar surface area (TPSA) is 76.2 Å². The van der Waals surface area contributed by atoms with Gasteiger partial charge in [-0.3, -0.25) is 15.0 Å². The van der Waals surface area contributed by atoms with Crippen LogP contribution < -0.4 is 11.1 Å². The van der Waals surface area contributed by atoms with E-state index in [0.717, 1.165) is 59.2 Å². The first kappa shape index (κ1) is 18.1. The second-order valence-electron chi connectivity index (χ2n) is 6.85. The van der Waals surface area contributed by atoms with E-state index in [1.165, 1.54) is 12.8 Å². The van der Waals surface area contributed by atoms with Gasteiger partial charge >= 0.3 is 0 Å². The predicted molar refractivity (Wildman–Crippen MR) is 109 cm³/mol. The Balaban J connectivity index is 1.72. The predicted octanol–water partition coefficient (Wildman–Crippen LogP) is 4.26. The van der Waals surface area contributed by atoms with Crippen molar-refractivity contribution in [3.05, 3.63) is 53.7 Å². The van der Waals surface area contributed by atoms with Crippen molar-refractivity contribution in [1.29, 1.82) is 0 Å². The number of hydrogen-bond acceptors (Lipinski definition) is 5. The molecule has 2 aromatic heterocycles. The molecule has 26 heavy (non-hydrogen) atoms. The van der Waals surface area contributed by atoms with Crippen LogP contribution in [-0.4, -0.2) is 22.7 Å². The molecule has 0 unspecified atom stereocenters. The van der Waals surface area contributed by atoms with Crippen LogP contribution in [0.3, 0.4) is 0 Å². The fourth-order valence-corrected chi connectivity index (χ4v) is 2.82. The number of nitrogens with one attached hydrogen (secondary N) is 1. The molecule has 0 bridgehead atoms. The van der Waals surface area contributed by atoms with Gasteiger partial charge in [0.15, 0.2) is 0 Å². The molecule has 0 amide bonds. The lowest BCUT2D eigenvalue weighted by atomic mass is 10.1. The second kappa shape index (κ2) is 8.61. The number of rotatable bonds is 8. The van der Waals surface area contributed by atoms with Crippen LogP contribution in [0, 0.1) is 12.8 Å². The van der Waals surface area contributed by atoms with Crippen molar-refractivity contribution in [2.75, 3.05) is 11.9 Å². The van der Waals surface area contributed by atoms with E-state index in [1.54, 1.807) is 18.6 Å². The Labute approximate surface area is 155 Å². The normalized spacial score (nSPS) is 14.8. The summed E-state index contributed by atoms with van der Waals surface area (Å²) in [5.74, 6) is 0.833. The highest BCUT2D eigenvalue weighted by Crippen LogP contribution is 2.29. The van der Waals surface area contributed by atoms with E-state index >= 15 is 0 Å². The molecule has 1 aliphatic rings. The molecule has 0 saturated heterocycles. The maximum atomic E-state index is 5.84. The third kappa shape index (κ3) is 4.91. The van der Waals surface area contributed by atoms with Gasteiger partial charge in [0, 0.05) is 36.4 Å². The van der Waals surface area contributed by atoms with Crippen molar-refractivity contribution >= 4 is 23.2 Å². The van der Waals surface area contributed by atoms with Gasteiger partial charge < -0.3 is 11.1 Å². The third-order valence-corrected chi connectivity index (χ3v) is 4.48. The number of nitrogens with two attached hydrogens (primary N) is 1. The van der Waals surface area contributed by atoms with Gasteiger partial charge in [-0.2, -0.15) is 0 Å². The molecule has 2 aromatic rings. The molecular weight excluding hydrogens is 322 g/mol. The minimum absolute atomic E-state index is 0.810. The van der Waals surface area contributed by atoms with Gasteiger partial charge in [-0.25, -0.2) is 0 Å². The summed E-state index contributed by atoms with van der Waals surface area (Å²) in [6, 6.07) is 6.03. The first-order chi connectivity index (χ1) is 12.7. The summed E-state index contributed by atoms with van der Waals surface area (Å²) in [6.07, 6.45) is 11.7. The maximum absolute atomic E-state index is 5.84. The summed E-state index contributed by atoms with van der Waals surface area (Å²) < 4.78 is 0. The molecule has 1 fully saturated rings. The molecule has 5 heteroatoms. The monoisotopic (exact) mass is 349 g/mol. The summed E-state index contributed by atoms with van der Waals surface area (Å²) in [4.78, 5) is 13.5. The molecule has 0 aliphatic heterocycles. The molecule has 1 aliphatic carbocycles. The third-order valence-electron chi connectivity index (χ3n) is 4.48. The molecular formula is C21H27N5. The number of pyridine rings is 2. The molecule has 0 radical (unpaired) electrons. The molecule has 0 aromatic carbocycles. The summed E-state index contributed by atoms with van der Waals surface area (Å²) >= 11 is 0. The fourth-order valence-electron chi connectivity index (χ4n) is 2.82. The van der Waals surface area contributed by atoms with Crippen LogP contribution in [0.4, 0.5) is 11.4 Å². The minimum atomic E-state index is 0.810. The Morgan fingerprint density at radius 2 is 2.19 bits per heavy atom. The molecule has 2 heterocycles. The molecule has 5 nitrogen and oxygen atoms in total. The fraction of sp³-hybridized carbons (Fsp3) is 0.381. The zero-order valence-electron chi connectivity index (χ0n) is 15.6. The van der Waals surface area contributed by atoms with Crippen LogP contribution in [0.15, 0.2) is 41.8 Å². The number of allylic oxidation sites excluding steroid dienone is 1. The van der Waals surface area contributed by atoms with Gasteiger partial charge in [-0.05, 0) is 55.9 Å². The van der Waals surface area contributed by atoms with Crippen molar-refractivity contribution in [3.8, 4) is 0 Å². The molecule has 136 valence electrons. The average Bonchev–Trinajstić information content (AvgIpc) is 3.47. The lowest BCUT2D eigenvalue weighted by Crippen LogP contribution is -2.05. The number of nitrogens with zero attached hydrogens (tertiary/aromatic N) is 3. The maximum Gasteiger partial charge on any atom is 0.0762 e. The zero-order valence-corrected chi connectivity index (χ0v) is 15.6. The number of aryl methyl sites for hydroxylation is 2. The highest BCUT2D eigenvalue weighted by atomic mass is 14.9. The van der Waals surface area contributed by atoms with E-state index in [1.807, 2.05) is 25.3 Å². The van der Waals surface area contributed by atoms with E-state index in [9.17, 15) is 0 Å². The Morgan fingerprint density at radius 3 is 2.88 bits per heavy atom. The SMILES string of the molecule is CCCc1cc(N=CC(=CN)c2ncc(NCC3CC3)cc2C)ccn1. The van der Waals surface area contributed by atoms with Gasteiger partial charge in [0.25, 0.3) is 0 Å². The number of aliphatic imine (C=N–C) groups is 1. The van der Waals surface area contributed by atoms with E-state index < -0.39 is 0 Å². The minimum Gasteiger partial charge on any atom is -0.404 e. The van der Waals surface area contributed by atoms with Crippen molar-refractivity contribution in [3.63, 3.8) is 0 Å². The van der Waals surface area contributed by atoms with E-state index in [2.05, 4.69) is 33.3 Å². The van der Waals surface area contributed by atoms with Crippen LogP contribution in [0.1, 0.15) is 43.1 Å². The number of aromatic nitrogens is 2. The Bertz CT molecular complexity index is 806. The second-order valence-corrected chi connectivity index (χ2v) is 6.85. The largest absolute Gasteiger partial charge is 0.404 e. The summed E-state index contributed by atoms with van der Waals surface area (Å²) in [5, 5.41) is 3.45. The molecule has 0 spiro atoms. The molecule has 3 rings (SSSR count).